The minimum Gasteiger partial charge on any atom is -0.494 e. The lowest BCUT2D eigenvalue weighted by Gasteiger charge is -2.15. The highest BCUT2D eigenvalue weighted by atomic mass is 19.1. The van der Waals surface area contributed by atoms with E-state index in [1.807, 2.05) is 0 Å². The van der Waals surface area contributed by atoms with Gasteiger partial charge in [-0.1, -0.05) is 5.16 Å². The summed E-state index contributed by atoms with van der Waals surface area (Å²) >= 11 is 0. The number of aryl methyl sites for hydroxylation is 1. The minimum absolute atomic E-state index is 0.0171. The third-order valence-corrected chi connectivity index (χ3v) is 4.49. The molecule has 1 saturated carbocycles. The summed E-state index contributed by atoms with van der Waals surface area (Å²) < 4.78 is 23.7. The standard InChI is InChI=1S/C17H20FN3O4/c1-9-20-17(25-21-9)11-5-12(14(22)7-11)8-19-16(23)10-3-4-15(24-2)13(18)6-10/h3-4,6,11-12,14,22H,5,7-8H2,1-2H3,(H,19,23)/t11-,12+,14+/m0/s1. The van der Waals surface area contributed by atoms with Crippen LogP contribution in [0.2, 0.25) is 0 Å². The molecule has 1 aliphatic carbocycles. The van der Waals surface area contributed by atoms with Crippen LogP contribution in [-0.4, -0.2) is 40.9 Å². The van der Waals surface area contributed by atoms with Crippen LogP contribution in [0.3, 0.4) is 0 Å². The maximum Gasteiger partial charge on any atom is 0.251 e. The molecular formula is C17H20FN3O4. The van der Waals surface area contributed by atoms with E-state index in [0.29, 0.717) is 24.6 Å². The number of benzene rings is 1. The molecule has 0 unspecified atom stereocenters. The number of carbonyl (C=O) groups is 1. The second kappa shape index (κ2) is 7.18. The molecular weight excluding hydrogens is 329 g/mol. The molecule has 0 spiro atoms. The first kappa shape index (κ1) is 17.3. The van der Waals surface area contributed by atoms with Crippen LogP contribution in [0.15, 0.2) is 22.7 Å². The number of carbonyl (C=O) groups excluding carboxylic acids is 1. The van der Waals surface area contributed by atoms with E-state index in [0.717, 1.165) is 6.07 Å². The van der Waals surface area contributed by atoms with Crippen molar-refractivity contribution in [2.45, 2.75) is 31.8 Å². The number of nitrogens with one attached hydrogen (secondary N) is 1. The third kappa shape index (κ3) is 3.79. The number of aromatic nitrogens is 2. The smallest absolute Gasteiger partial charge is 0.251 e. The molecule has 0 bridgehead atoms. The van der Waals surface area contributed by atoms with Gasteiger partial charge in [-0.05, 0) is 38.0 Å². The van der Waals surface area contributed by atoms with Crippen molar-refractivity contribution in [3.63, 3.8) is 0 Å². The highest BCUT2D eigenvalue weighted by molar-refractivity contribution is 5.94. The van der Waals surface area contributed by atoms with Gasteiger partial charge in [-0.2, -0.15) is 4.98 Å². The first-order valence-electron chi connectivity index (χ1n) is 8.08. The maximum atomic E-state index is 13.7. The Balaban J connectivity index is 1.58. The molecule has 1 heterocycles. The van der Waals surface area contributed by atoms with Crippen molar-refractivity contribution in [1.29, 1.82) is 0 Å². The average Bonchev–Trinajstić information content (AvgIpc) is 3.18. The van der Waals surface area contributed by atoms with Crippen molar-refractivity contribution >= 4 is 5.91 Å². The Morgan fingerprint density at radius 2 is 2.28 bits per heavy atom. The predicted molar refractivity (Wildman–Crippen MR) is 85.8 cm³/mol. The summed E-state index contributed by atoms with van der Waals surface area (Å²) in [5, 5.41) is 16.7. The SMILES string of the molecule is COc1ccc(C(=O)NC[C@H]2C[C@H](c3nc(C)no3)C[C@H]2O)cc1F. The number of hydrogen-bond donors (Lipinski definition) is 2. The van der Waals surface area contributed by atoms with Crippen LogP contribution in [0.4, 0.5) is 4.39 Å². The number of ether oxygens (including phenoxy) is 1. The van der Waals surface area contributed by atoms with E-state index >= 15 is 0 Å². The van der Waals surface area contributed by atoms with Gasteiger partial charge in [0.05, 0.1) is 13.2 Å². The molecule has 2 N–H and O–H groups in total. The van der Waals surface area contributed by atoms with Crippen LogP contribution in [0, 0.1) is 18.7 Å². The van der Waals surface area contributed by atoms with Gasteiger partial charge in [0, 0.05) is 23.9 Å². The van der Waals surface area contributed by atoms with E-state index in [9.17, 15) is 14.3 Å². The molecule has 2 aromatic rings. The molecule has 7 nitrogen and oxygen atoms in total. The fourth-order valence-electron chi connectivity index (χ4n) is 3.14. The van der Waals surface area contributed by atoms with Gasteiger partial charge in [-0.15, -0.1) is 0 Å². The molecule has 25 heavy (non-hydrogen) atoms. The van der Waals surface area contributed by atoms with Crippen LogP contribution in [0.25, 0.3) is 0 Å². The van der Waals surface area contributed by atoms with Crippen LogP contribution >= 0.6 is 0 Å². The highest BCUT2D eigenvalue weighted by Crippen LogP contribution is 2.37. The van der Waals surface area contributed by atoms with Gasteiger partial charge < -0.3 is 19.7 Å². The lowest BCUT2D eigenvalue weighted by molar-refractivity contribution is 0.0916. The third-order valence-electron chi connectivity index (χ3n) is 4.49. The van der Waals surface area contributed by atoms with E-state index in [2.05, 4.69) is 15.5 Å². The van der Waals surface area contributed by atoms with Crippen LogP contribution in [0.5, 0.6) is 5.75 Å². The molecule has 1 aliphatic rings. The molecule has 134 valence electrons. The lowest BCUT2D eigenvalue weighted by Crippen LogP contribution is -2.32. The largest absolute Gasteiger partial charge is 0.494 e. The number of halogens is 1. The van der Waals surface area contributed by atoms with Gasteiger partial charge in [0.15, 0.2) is 17.4 Å². The Morgan fingerprint density at radius 1 is 1.48 bits per heavy atom. The second-order valence-corrected chi connectivity index (χ2v) is 6.23. The summed E-state index contributed by atoms with van der Waals surface area (Å²) in [5.41, 5.74) is 0.204. The zero-order valence-electron chi connectivity index (χ0n) is 14.0. The molecule has 0 saturated heterocycles. The van der Waals surface area contributed by atoms with Crippen LogP contribution in [-0.2, 0) is 0 Å². The van der Waals surface area contributed by atoms with Gasteiger partial charge in [0.1, 0.15) is 0 Å². The number of hydrogen-bond acceptors (Lipinski definition) is 6. The fraction of sp³-hybridized carbons (Fsp3) is 0.471. The summed E-state index contributed by atoms with van der Waals surface area (Å²) in [5.74, 6) is 0.0281. The molecule has 1 amide bonds. The van der Waals surface area contributed by atoms with Crippen molar-refractivity contribution in [2.75, 3.05) is 13.7 Å². The zero-order valence-corrected chi connectivity index (χ0v) is 14.0. The number of rotatable bonds is 5. The van der Waals surface area contributed by atoms with Gasteiger partial charge >= 0.3 is 0 Å². The normalized spacial score (nSPS) is 22.8. The minimum atomic E-state index is -0.595. The van der Waals surface area contributed by atoms with Crippen molar-refractivity contribution < 1.29 is 23.6 Å². The fourth-order valence-corrected chi connectivity index (χ4v) is 3.14. The molecule has 1 aromatic heterocycles. The van der Waals surface area contributed by atoms with Gasteiger partial charge in [-0.25, -0.2) is 4.39 Å². The molecule has 0 aliphatic heterocycles. The maximum absolute atomic E-state index is 13.7. The summed E-state index contributed by atoms with van der Waals surface area (Å²) in [6.45, 7) is 2.03. The first-order valence-corrected chi connectivity index (χ1v) is 8.08. The average molecular weight is 349 g/mol. The Labute approximate surface area is 144 Å². The van der Waals surface area contributed by atoms with Crippen LogP contribution in [0.1, 0.15) is 40.8 Å². The Kier molecular flexibility index (Phi) is 4.98. The summed E-state index contributed by atoms with van der Waals surface area (Å²) in [4.78, 5) is 16.4. The van der Waals surface area contributed by atoms with E-state index in [-0.39, 0.29) is 29.7 Å². The molecule has 8 heteroatoms. The van der Waals surface area contributed by atoms with Gasteiger partial charge in [-0.3, -0.25) is 4.79 Å². The number of aliphatic hydroxyl groups is 1. The van der Waals surface area contributed by atoms with E-state index in [4.69, 9.17) is 9.26 Å². The monoisotopic (exact) mass is 349 g/mol. The molecule has 3 rings (SSSR count). The number of methoxy groups -OCH3 is 1. The molecule has 0 radical (unpaired) electrons. The highest BCUT2D eigenvalue weighted by Gasteiger charge is 2.36. The van der Waals surface area contributed by atoms with Crippen molar-refractivity contribution in [3.05, 3.63) is 41.3 Å². The summed E-state index contributed by atoms with van der Waals surface area (Å²) in [6.07, 6.45) is 0.587. The zero-order chi connectivity index (χ0) is 18.0. The summed E-state index contributed by atoms with van der Waals surface area (Å²) in [6, 6.07) is 4.03. The Morgan fingerprint density at radius 3 is 2.92 bits per heavy atom. The van der Waals surface area contributed by atoms with E-state index in [1.165, 1.54) is 19.2 Å². The Hall–Kier alpha value is -2.48. The lowest BCUT2D eigenvalue weighted by atomic mass is 10.0. The predicted octanol–water partition coefficient (Wildman–Crippen LogP) is 1.81. The molecule has 3 atom stereocenters. The van der Waals surface area contributed by atoms with Gasteiger partial charge in [0.25, 0.3) is 5.91 Å². The number of amides is 1. The van der Waals surface area contributed by atoms with Crippen molar-refractivity contribution in [2.24, 2.45) is 5.92 Å². The van der Waals surface area contributed by atoms with Crippen molar-refractivity contribution in [1.82, 2.24) is 15.5 Å². The second-order valence-electron chi connectivity index (χ2n) is 6.23. The molecule has 1 fully saturated rings. The van der Waals surface area contributed by atoms with Gasteiger partial charge in [0.2, 0.25) is 5.89 Å². The quantitative estimate of drug-likeness (QED) is 0.854. The number of nitrogens with zero attached hydrogens (tertiary/aromatic N) is 2. The number of aliphatic hydroxyl groups excluding tert-OH is 1. The van der Waals surface area contributed by atoms with Crippen molar-refractivity contribution in [3.8, 4) is 5.75 Å². The molecule has 1 aromatic carbocycles. The van der Waals surface area contributed by atoms with E-state index < -0.39 is 17.8 Å². The summed E-state index contributed by atoms with van der Waals surface area (Å²) in [7, 11) is 1.36. The topological polar surface area (TPSA) is 97.5 Å². The first-order chi connectivity index (χ1) is 12.0. The van der Waals surface area contributed by atoms with E-state index in [1.54, 1.807) is 6.92 Å². The Bertz CT molecular complexity index is 764. The van der Waals surface area contributed by atoms with Crippen LogP contribution < -0.4 is 10.1 Å².